The Morgan fingerprint density at radius 2 is 2.00 bits per heavy atom. The maximum absolute atomic E-state index is 12.1. The number of aromatic nitrogens is 6. The van der Waals surface area contributed by atoms with Gasteiger partial charge in [-0.3, -0.25) is 4.79 Å². The molecule has 1 aliphatic rings. The normalized spacial score (nSPS) is 15.5. The number of benzene rings is 1. The number of carbonyl (C=O) groups excluding carboxylic acids is 1. The Bertz CT molecular complexity index is 1700. The summed E-state index contributed by atoms with van der Waals surface area (Å²) >= 11 is 0. The number of anilines is 3. The second-order valence-corrected chi connectivity index (χ2v) is 9.45. The average Bonchev–Trinajstić information content (AvgIpc) is 3.42. The van der Waals surface area contributed by atoms with E-state index in [4.69, 9.17) is 4.74 Å². The monoisotopic (exact) mass is 521 g/mol. The first-order valence-electron chi connectivity index (χ1n) is 12.6. The summed E-state index contributed by atoms with van der Waals surface area (Å²) in [6.07, 6.45) is 7.98. The summed E-state index contributed by atoms with van der Waals surface area (Å²) in [5.41, 5.74) is 3.29. The predicted molar refractivity (Wildman–Crippen MR) is 148 cm³/mol. The number of hydrogen-bond acceptors (Lipinski definition) is 9. The van der Waals surface area contributed by atoms with Gasteiger partial charge in [0, 0.05) is 49.0 Å². The maximum Gasteiger partial charge on any atom is 0.246 e. The molecule has 11 heteroatoms. The highest BCUT2D eigenvalue weighted by Gasteiger charge is 2.27. The Labute approximate surface area is 224 Å². The Hall–Kier alpha value is -5.06. The Morgan fingerprint density at radius 3 is 2.82 bits per heavy atom. The highest BCUT2D eigenvalue weighted by atomic mass is 16.5. The zero-order chi connectivity index (χ0) is 26.9. The van der Waals surface area contributed by atoms with E-state index in [0.29, 0.717) is 31.2 Å². The molecule has 11 nitrogen and oxygen atoms in total. The van der Waals surface area contributed by atoms with Gasteiger partial charge in [-0.2, -0.15) is 5.10 Å². The van der Waals surface area contributed by atoms with E-state index in [-0.39, 0.29) is 11.9 Å². The minimum atomic E-state index is -0.0454. The summed E-state index contributed by atoms with van der Waals surface area (Å²) in [6.45, 7) is 9.60. The van der Waals surface area contributed by atoms with Crippen molar-refractivity contribution in [1.82, 2.24) is 34.4 Å². The SMILES string of the molecule is C=CC(=O)N1CCN(c2cc3c(Nc4ccc(Oc5ccn6ncnc6c5)c(C)c4)ncnc3cn2)[C@@H](C)C1. The number of ether oxygens (including phenoxy) is 1. The standard InChI is InChI=1S/C28H27N9O2/c1-4-27(38)35-9-10-36(19(3)15-35)25-13-22-23(14-29-25)30-16-32-28(22)34-20-5-6-24(18(2)11-20)39-21-7-8-37-26(12-21)31-17-33-37/h4-8,11-14,16-17,19H,1,9-10,15H2,2-3H3,(H,30,32,34)/t19-/m0/s1. The van der Waals surface area contributed by atoms with Gasteiger partial charge in [-0.05, 0) is 55.8 Å². The smallest absolute Gasteiger partial charge is 0.246 e. The molecule has 5 heterocycles. The topological polar surface area (TPSA) is 114 Å². The highest BCUT2D eigenvalue weighted by molar-refractivity contribution is 5.92. The number of piperazine rings is 1. The molecule has 4 aromatic heterocycles. The van der Waals surface area contributed by atoms with Crippen LogP contribution in [0.25, 0.3) is 16.6 Å². The molecule has 0 spiro atoms. The molecular formula is C28H27N9O2. The quantitative estimate of drug-likeness (QED) is 0.329. The first kappa shape index (κ1) is 24.3. The number of pyridine rings is 2. The largest absolute Gasteiger partial charge is 0.457 e. The zero-order valence-electron chi connectivity index (χ0n) is 21.7. The summed E-state index contributed by atoms with van der Waals surface area (Å²) in [5, 5.41) is 8.40. The first-order chi connectivity index (χ1) is 19.0. The van der Waals surface area contributed by atoms with Crippen LogP contribution in [-0.2, 0) is 4.79 Å². The van der Waals surface area contributed by atoms with Gasteiger partial charge in [0.25, 0.3) is 0 Å². The number of rotatable bonds is 6. The van der Waals surface area contributed by atoms with Crippen LogP contribution in [0.1, 0.15) is 12.5 Å². The van der Waals surface area contributed by atoms with E-state index in [1.807, 2.05) is 54.4 Å². The maximum atomic E-state index is 12.1. The molecule has 0 aliphatic carbocycles. The van der Waals surface area contributed by atoms with Crippen molar-refractivity contribution >= 4 is 39.8 Å². The molecule has 1 aromatic carbocycles. The fourth-order valence-corrected chi connectivity index (χ4v) is 4.80. The Kier molecular flexibility index (Phi) is 6.23. The van der Waals surface area contributed by atoms with Crippen molar-refractivity contribution in [3.63, 3.8) is 0 Å². The van der Waals surface area contributed by atoms with Crippen LogP contribution in [0.15, 0.2) is 74.1 Å². The van der Waals surface area contributed by atoms with E-state index in [1.54, 1.807) is 10.7 Å². The average molecular weight is 522 g/mol. The fraction of sp³-hybridized carbons (Fsp3) is 0.214. The fourth-order valence-electron chi connectivity index (χ4n) is 4.80. The predicted octanol–water partition coefficient (Wildman–Crippen LogP) is 4.13. The van der Waals surface area contributed by atoms with Gasteiger partial charge in [0.05, 0.1) is 11.7 Å². The van der Waals surface area contributed by atoms with Crippen molar-refractivity contribution in [2.45, 2.75) is 19.9 Å². The van der Waals surface area contributed by atoms with E-state index in [2.05, 4.69) is 48.8 Å². The van der Waals surface area contributed by atoms with E-state index in [0.717, 1.165) is 39.4 Å². The molecule has 196 valence electrons. The molecule has 5 aromatic rings. The van der Waals surface area contributed by atoms with E-state index in [9.17, 15) is 4.79 Å². The molecule has 1 saturated heterocycles. The lowest BCUT2D eigenvalue weighted by molar-refractivity contribution is -0.126. The van der Waals surface area contributed by atoms with Crippen molar-refractivity contribution in [3.05, 3.63) is 79.7 Å². The van der Waals surface area contributed by atoms with Gasteiger partial charge in [0.2, 0.25) is 5.91 Å². The number of fused-ring (bicyclic) bond motifs is 2. The summed E-state index contributed by atoms with van der Waals surface area (Å²) in [7, 11) is 0. The van der Waals surface area contributed by atoms with E-state index in [1.165, 1.54) is 18.7 Å². The molecule has 1 aliphatic heterocycles. The van der Waals surface area contributed by atoms with Crippen molar-refractivity contribution in [1.29, 1.82) is 0 Å². The minimum Gasteiger partial charge on any atom is -0.457 e. The van der Waals surface area contributed by atoms with Crippen LogP contribution in [0.2, 0.25) is 0 Å². The van der Waals surface area contributed by atoms with Gasteiger partial charge in [0.15, 0.2) is 5.65 Å². The molecule has 0 saturated carbocycles. The lowest BCUT2D eigenvalue weighted by atomic mass is 10.1. The molecule has 0 radical (unpaired) electrons. The zero-order valence-corrected chi connectivity index (χ0v) is 21.7. The number of amides is 1. The third-order valence-corrected chi connectivity index (χ3v) is 6.83. The molecular weight excluding hydrogens is 494 g/mol. The molecule has 6 rings (SSSR count). The molecule has 39 heavy (non-hydrogen) atoms. The third kappa shape index (κ3) is 4.81. The summed E-state index contributed by atoms with van der Waals surface area (Å²) in [6, 6.07) is 11.7. The number of aryl methyl sites for hydroxylation is 1. The molecule has 1 amide bonds. The summed E-state index contributed by atoms with van der Waals surface area (Å²) in [4.78, 5) is 33.9. The van der Waals surface area contributed by atoms with Gasteiger partial charge in [0.1, 0.15) is 35.8 Å². The van der Waals surface area contributed by atoms with Crippen molar-refractivity contribution < 1.29 is 9.53 Å². The van der Waals surface area contributed by atoms with E-state index >= 15 is 0 Å². The van der Waals surface area contributed by atoms with Crippen molar-refractivity contribution in [3.8, 4) is 11.5 Å². The van der Waals surface area contributed by atoms with Gasteiger partial charge in [-0.15, -0.1) is 0 Å². The van der Waals surface area contributed by atoms with E-state index < -0.39 is 0 Å². The molecule has 1 atom stereocenters. The highest BCUT2D eigenvalue weighted by Crippen LogP contribution is 2.31. The number of carbonyl (C=O) groups is 1. The lowest BCUT2D eigenvalue weighted by Gasteiger charge is -2.40. The second-order valence-electron chi connectivity index (χ2n) is 9.45. The van der Waals surface area contributed by atoms with Crippen molar-refractivity contribution in [2.75, 3.05) is 29.9 Å². The van der Waals surface area contributed by atoms with Crippen LogP contribution in [0.5, 0.6) is 11.5 Å². The van der Waals surface area contributed by atoms with Gasteiger partial charge < -0.3 is 19.9 Å². The number of hydrogen-bond donors (Lipinski definition) is 1. The van der Waals surface area contributed by atoms with Gasteiger partial charge in [-0.25, -0.2) is 24.5 Å². The molecule has 0 unspecified atom stereocenters. The van der Waals surface area contributed by atoms with Crippen molar-refractivity contribution in [2.24, 2.45) is 0 Å². The van der Waals surface area contributed by atoms with Crippen LogP contribution < -0.4 is 15.0 Å². The molecule has 0 bridgehead atoms. The second kappa shape index (κ2) is 10.0. The van der Waals surface area contributed by atoms with Crippen LogP contribution in [0.3, 0.4) is 0 Å². The van der Waals surface area contributed by atoms with Crippen LogP contribution in [0, 0.1) is 6.92 Å². The summed E-state index contributed by atoms with van der Waals surface area (Å²) in [5.74, 6) is 2.89. The van der Waals surface area contributed by atoms with Gasteiger partial charge in [-0.1, -0.05) is 6.58 Å². The Balaban J connectivity index is 1.22. The lowest BCUT2D eigenvalue weighted by Crippen LogP contribution is -2.53. The molecule has 1 fully saturated rings. The van der Waals surface area contributed by atoms with Crippen LogP contribution in [-0.4, -0.2) is 66.0 Å². The Morgan fingerprint density at radius 1 is 1.10 bits per heavy atom. The number of nitrogens with one attached hydrogen (secondary N) is 1. The van der Waals surface area contributed by atoms with Gasteiger partial charge >= 0.3 is 0 Å². The summed E-state index contributed by atoms with van der Waals surface area (Å²) < 4.78 is 7.79. The first-order valence-corrected chi connectivity index (χ1v) is 12.6. The molecule has 1 N–H and O–H groups in total. The minimum absolute atomic E-state index is 0.0454. The van der Waals surface area contributed by atoms with Crippen LogP contribution in [0.4, 0.5) is 17.3 Å². The third-order valence-electron chi connectivity index (χ3n) is 6.83. The number of nitrogens with zero attached hydrogens (tertiary/aromatic N) is 8. The van der Waals surface area contributed by atoms with Crippen LogP contribution >= 0.6 is 0 Å².